The predicted molar refractivity (Wildman–Crippen MR) is 128 cm³/mol. The first-order valence-corrected chi connectivity index (χ1v) is 11.3. The van der Waals surface area contributed by atoms with Crippen molar-refractivity contribution in [1.82, 2.24) is 4.57 Å². The molecule has 0 spiro atoms. The van der Waals surface area contributed by atoms with Crippen LogP contribution in [0.5, 0.6) is 0 Å². The van der Waals surface area contributed by atoms with E-state index in [0.717, 1.165) is 0 Å². The van der Waals surface area contributed by atoms with Gasteiger partial charge in [-0.1, -0.05) is 88.3 Å². The highest BCUT2D eigenvalue weighted by molar-refractivity contribution is 5.81. The van der Waals surface area contributed by atoms with Crippen molar-refractivity contribution in [3.63, 3.8) is 0 Å². The van der Waals surface area contributed by atoms with Gasteiger partial charge in [-0.05, 0) is 48.6 Å². The molecule has 0 aromatic carbocycles. The third-order valence-electron chi connectivity index (χ3n) is 6.49. The van der Waals surface area contributed by atoms with Crippen molar-refractivity contribution in [2.75, 3.05) is 0 Å². The van der Waals surface area contributed by atoms with Crippen LogP contribution in [0.3, 0.4) is 0 Å². The maximum atomic E-state index is 4.21. The summed E-state index contributed by atoms with van der Waals surface area (Å²) < 4.78 is 2.64. The zero-order valence-electron chi connectivity index (χ0n) is 18.1. The molecular weight excluding hydrogens is 350 g/mol. The normalized spacial score (nSPS) is 22.2. The Kier molecular flexibility index (Phi) is 5.76. The van der Waals surface area contributed by atoms with Gasteiger partial charge in [0.05, 0.1) is 5.35 Å². The molecule has 4 aliphatic carbocycles. The highest BCUT2D eigenvalue weighted by Crippen LogP contribution is 2.39. The zero-order chi connectivity index (χ0) is 20.4. The first-order chi connectivity index (χ1) is 14.3. The molecule has 1 saturated carbocycles. The van der Waals surface area contributed by atoms with E-state index in [0.29, 0.717) is 12.0 Å². The van der Waals surface area contributed by atoms with E-state index in [1.807, 2.05) is 13.8 Å². The molecule has 4 aliphatic rings. The molecule has 29 heavy (non-hydrogen) atoms. The summed E-state index contributed by atoms with van der Waals surface area (Å²) in [5.41, 5.74) is 6.92. The topological polar surface area (TPSA) is 4.93 Å². The summed E-state index contributed by atoms with van der Waals surface area (Å²) in [6.45, 7) is 10.3. The quantitative estimate of drug-likeness (QED) is 0.581. The molecule has 0 saturated heterocycles. The largest absolute Gasteiger partial charge is 0.337 e. The fourth-order valence-electron chi connectivity index (χ4n) is 5.39. The van der Waals surface area contributed by atoms with Crippen LogP contribution in [0.25, 0.3) is 23.8 Å². The number of aromatic nitrogens is 1. The van der Waals surface area contributed by atoms with Gasteiger partial charge < -0.3 is 4.57 Å². The highest BCUT2D eigenvalue weighted by Gasteiger charge is 2.31. The second-order valence-corrected chi connectivity index (χ2v) is 8.01. The Morgan fingerprint density at radius 1 is 1.00 bits per heavy atom. The van der Waals surface area contributed by atoms with Crippen molar-refractivity contribution in [3.8, 4) is 0 Å². The molecule has 1 fully saturated rings. The van der Waals surface area contributed by atoms with Gasteiger partial charge in [0.1, 0.15) is 0 Å². The molecule has 0 bridgehead atoms. The van der Waals surface area contributed by atoms with Crippen molar-refractivity contribution in [3.05, 3.63) is 82.1 Å². The van der Waals surface area contributed by atoms with Crippen molar-refractivity contribution in [2.24, 2.45) is 5.92 Å². The molecule has 0 aliphatic heterocycles. The average Bonchev–Trinajstić information content (AvgIpc) is 3.10. The molecule has 0 radical (unpaired) electrons. The Hall–Kier alpha value is -2.54. The first kappa shape index (κ1) is 19.8. The Balaban J connectivity index is 0.000000994. The van der Waals surface area contributed by atoms with E-state index < -0.39 is 0 Å². The van der Waals surface area contributed by atoms with Crippen molar-refractivity contribution < 1.29 is 0 Å². The van der Waals surface area contributed by atoms with E-state index >= 15 is 0 Å². The third-order valence-corrected chi connectivity index (χ3v) is 6.49. The number of rotatable bonds is 3. The van der Waals surface area contributed by atoms with E-state index in [-0.39, 0.29) is 0 Å². The molecule has 1 nitrogen and oxygen atoms in total. The third kappa shape index (κ3) is 3.17. The second kappa shape index (κ2) is 8.45. The lowest BCUT2D eigenvalue weighted by Crippen LogP contribution is -2.40. The Bertz CT molecular complexity index is 1070. The van der Waals surface area contributed by atoms with Crippen LogP contribution in [-0.4, -0.2) is 4.57 Å². The lowest BCUT2D eigenvalue weighted by molar-refractivity contribution is 0.347. The molecule has 150 valence electrons. The van der Waals surface area contributed by atoms with Crippen LogP contribution in [0.1, 0.15) is 70.2 Å². The number of hydrogen-bond acceptors (Lipinski definition) is 0. The van der Waals surface area contributed by atoms with Gasteiger partial charge in [0, 0.05) is 28.4 Å². The highest BCUT2D eigenvalue weighted by atomic mass is 15.0. The molecule has 0 N–H and O–H groups in total. The molecule has 1 unspecified atom stereocenters. The predicted octanol–water partition coefficient (Wildman–Crippen LogP) is 6.25. The molecular formula is C28H33N. The summed E-state index contributed by atoms with van der Waals surface area (Å²) in [5.74, 6) is 0.390. The zero-order valence-corrected chi connectivity index (χ0v) is 18.1. The minimum atomic E-state index is 0.390. The first-order valence-electron chi connectivity index (χ1n) is 11.3. The molecule has 1 aromatic heterocycles. The number of hydrogen-bond donors (Lipinski definition) is 0. The molecule has 1 heteroatoms. The minimum absolute atomic E-state index is 0.390. The summed E-state index contributed by atoms with van der Waals surface area (Å²) in [7, 11) is 0. The van der Waals surface area contributed by atoms with Crippen molar-refractivity contribution in [2.45, 2.75) is 58.9 Å². The van der Waals surface area contributed by atoms with Gasteiger partial charge in [0.15, 0.2) is 0 Å². The van der Waals surface area contributed by atoms with E-state index in [2.05, 4.69) is 78.8 Å². The summed E-state index contributed by atoms with van der Waals surface area (Å²) in [4.78, 5) is 0. The van der Waals surface area contributed by atoms with Gasteiger partial charge in [0.2, 0.25) is 0 Å². The lowest BCUT2D eigenvalue weighted by atomic mass is 9.76. The summed E-state index contributed by atoms with van der Waals surface area (Å²) in [6, 6.07) is 0.591. The van der Waals surface area contributed by atoms with E-state index in [4.69, 9.17) is 0 Å². The van der Waals surface area contributed by atoms with Crippen LogP contribution >= 0.6 is 0 Å². The molecule has 5 rings (SSSR count). The van der Waals surface area contributed by atoms with Crippen LogP contribution < -0.4 is 10.6 Å². The Morgan fingerprint density at radius 2 is 1.72 bits per heavy atom. The maximum Gasteiger partial charge on any atom is 0.0536 e. The monoisotopic (exact) mass is 383 g/mol. The van der Waals surface area contributed by atoms with E-state index in [1.54, 1.807) is 0 Å². The summed E-state index contributed by atoms with van der Waals surface area (Å²) in [6.07, 6.45) is 29.2. The summed E-state index contributed by atoms with van der Waals surface area (Å²) >= 11 is 0. The van der Waals surface area contributed by atoms with Gasteiger partial charge in [-0.2, -0.15) is 0 Å². The Labute approximate surface area is 175 Å². The maximum absolute atomic E-state index is 4.21. The van der Waals surface area contributed by atoms with Crippen LogP contribution in [0, 0.1) is 5.92 Å². The molecule has 1 atom stereocenters. The summed E-state index contributed by atoms with van der Waals surface area (Å²) in [5, 5.41) is 2.82. The Morgan fingerprint density at radius 3 is 2.45 bits per heavy atom. The average molecular weight is 384 g/mol. The van der Waals surface area contributed by atoms with Gasteiger partial charge in [0.25, 0.3) is 0 Å². The second-order valence-electron chi connectivity index (χ2n) is 8.01. The van der Waals surface area contributed by atoms with E-state index in [9.17, 15) is 0 Å². The van der Waals surface area contributed by atoms with Gasteiger partial charge in [-0.15, -0.1) is 0 Å². The van der Waals surface area contributed by atoms with Crippen LogP contribution in [0.15, 0.2) is 60.3 Å². The van der Waals surface area contributed by atoms with Gasteiger partial charge in [-0.25, -0.2) is 0 Å². The SMILES string of the molecule is C=Cc1c(/C=C\C)c2c(n1C1CCCCC1)=C1C=CC=C3C=CC=C(C=2)C31.CC. The molecule has 1 heterocycles. The molecule has 0 amide bonds. The molecule has 1 aromatic rings. The lowest BCUT2D eigenvalue weighted by Gasteiger charge is -2.31. The van der Waals surface area contributed by atoms with Gasteiger partial charge >= 0.3 is 0 Å². The van der Waals surface area contributed by atoms with Gasteiger partial charge in [-0.3, -0.25) is 0 Å². The van der Waals surface area contributed by atoms with Crippen LogP contribution in [0.4, 0.5) is 0 Å². The number of allylic oxidation sites excluding steroid dienone is 9. The standard InChI is InChI=1S/C26H27N.C2H6/c1-3-10-21-23-17-19-13-8-11-18-12-9-16-22(25(18)19)26(23)27(24(21)4-2)20-14-6-5-7-15-20;1-2/h3-4,8-13,16-17,20,25H,2,5-7,14-15H2,1H3;1-2H3/b10-3-;. The van der Waals surface area contributed by atoms with Crippen molar-refractivity contribution in [1.29, 1.82) is 0 Å². The van der Waals surface area contributed by atoms with E-state index in [1.165, 1.54) is 70.6 Å². The van der Waals surface area contributed by atoms with Crippen molar-refractivity contribution >= 4 is 23.8 Å². The smallest absolute Gasteiger partial charge is 0.0536 e. The fraction of sp³-hybridized carbons (Fsp3) is 0.357. The minimum Gasteiger partial charge on any atom is -0.337 e. The number of nitrogens with zero attached hydrogens (tertiary/aromatic N) is 1. The number of fused-ring (bicyclic) bond motifs is 1. The van der Waals surface area contributed by atoms with Crippen LogP contribution in [0.2, 0.25) is 0 Å². The fourth-order valence-corrected chi connectivity index (χ4v) is 5.39. The van der Waals surface area contributed by atoms with Crippen LogP contribution in [-0.2, 0) is 0 Å².